The van der Waals surface area contributed by atoms with E-state index >= 15 is 0 Å². The first-order valence-electron chi connectivity index (χ1n) is 14.8. The quantitative estimate of drug-likeness (QED) is 0.0960. The fraction of sp³-hybridized carbons (Fsp3) is 0.933. The number of unbranched alkanes of at least 4 members (excludes halogenated alkanes) is 17. The topological polar surface area (TPSA) is 52.6 Å². The van der Waals surface area contributed by atoms with Gasteiger partial charge in [0.25, 0.3) is 0 Å². The minimum atomic E-state index is -0.0764. The standard InChI is InChI=1S/C30H58O4/c1-5-6-7-8-9-10-11-12-13-14-17-20-23-26-33-29(31)24-21-18-15-16-19-22-25-30(32)34-28(4)27(2)3/h27-28H,5-26H2,1-4H3. The van der Waals surface area contributed by atoms with Crippen molar-refractivity contribution in [1.29, 1.82) is 0 Å². The van der Waals surface area contributed by atoms with Gasteiger partial charge in [-0.25, -0.2) is 0 Å². The molecule has 0 rings (SSSR count). The van der Waals surface area contributed by atoms with Gasteiger partial charge in [-0.05, 0) is 32.1 Å². The molecule has 0 bridgehead atoms. The van der Waals surface area contributed by atoms with Crippen LogP contribution in [-0.2, 0) is 19.1 Å². The number of esters is 2. The number of hydrogen-bond donors (Lipinski definition) is 0. The second-order valence-electron chi connectivity index (χ2n) is 10.5. The van der Waals surface area contributed by atoms with E-state index in [9.17, 15) is 9.59 Å². The van der Waals surface area contributed by atoms with Gasteiger partial charge in [0, 0.05) is 12.8 Å². The van der Waals surface area contributed by atoms with Gasteiger partial charge in [-0.1, -0.05) is 124 Å². The van der Waals surface area contributed by atoms with Gasteiger partial charge in [0.05, 0.1) is 6.61 Å². The van der Waals surface area contributed by atoms with Crippen LogP contribution in [0.2, 0.25) is 0 Å². The van der Waals surface area contributed by atoms with E-state index in [0.29, 0.717) is 25.4 Å². The van der Waals surface area contributed by atoms with E-state index in [4.69, 9.17) is 9.47 Å². The molecule has 0 aliphatic heterocycles. The van der Waals surface area contributed by atoms with E-state index in [1.54, 1.807) is 0 Å². The van der Waals surface area contributed by atoms with Crippen molar-refractivity contribution in [2.45, 2.75) is 169 Å². The molecular weight excluding hydrogens is 424 g/mol. The lowest BCUT2D eigenvalue weighted by Crippen LogP contribution is -2.19. The van der Waals surface area contributed by atoms with Crippen molar-refractivity contribution < 1.29 is 19.1 Å². The molecule has 4 heteroatoms. The van der Waals surface area contributed by atoms with Crippen LogP contribution in [0.5, 0.6) is 0 Å². The molecule has 0 fully saturated rings. The second-order valence-corrected chi connectivity index (χ2v) is 10.5. The molecule has 0 aromatic carbocycles. The summed E-state index contributed by atoms with van der Waals surface area (Å²) in [6.45, 7) is 8.94. The molecule has 0 aromatic heterocycles. The zero-order valence-corrected chi connectivity index (χ0v) is 23.3. The van der Waals surface area contributed by atoms with Crippen molar-refractivity contribution in [2.24, 2.45) is 5.92 Å². The highest BCUT2D eigenvalue weighted by molar-refractivity contribution is 5.69. The zero-order valence-electron chi connectivity index (χ0n) is 23.3. The summed E-state index contributed by atoms with van der Waals surface area (Å²) >= 11 is 0. The average Bonchev–Trinajstić information content (AvgIpc) is 2.80. The fourth-order valence-electron chi connectivity index (χ4n) is 4.03. The first kappa shape index (κ1) is 32.9. The van der Waals surface area contributed by atoms with Crippen LogP contribution in [0.1, 0.15) is 163 Å². The summed E-state index contributed by atoms with van der Waals surface area (Å²) in [5, 5.41) is 0. The molecular formula is C30H58O4. The van der Waals surface area contributed by atoms with E-state index < -0.39 is 0 Å². The van der Waals surface area contributed by atoms with Gasteiger partial charge in [0.1, 0.15) is 6.10 Å². The number of hydrogen-bond acceptors (Lipinski definition) is 4. The van der Waals surface area contributed by atoms with E-state index in [2.05, 4.69) is 20.8 Å². The summed E-state index contributed by atoms with van der Waals surface area (Å²) in [7, 11) is 0. The molecule has 0 saturated heterocycles. The number of rotatable bonds is 25. The molecule has 0 heterocycles. The highest BCUT2D eigenvalue weighted by Crippen LogP contribution is 2.14. The first-order valence-corrected chi connectivity index (χ1v) is 14.8. The molecule has 34 heavy (non-hydrogen) atoms. The summed E-state index contributed by atoms with van der Waals surface area (Å²) in [5.41, 5.74) is 0. The van der Waals surface area contributed by atoms with E-state index in [0.717, 1.165) is 44.9 Å². The Hall–Kier alpha value is -1.06. The first-order chi connectivity index (χ1) is 16.5. The van der Waals surface area contributed by atoms with E-state index in [1.807, 2.05) is 6.92 Å². The normalized spacial score (nSPS) is 12.1. The van der Waals surface area contributed by atoms with Crippen LogP contribution in [0.4, 0.5) is 0 Å². The largest absolute Gasteiger partial charge is 0.466 e. The van der Waals surface area contributed by atoms with Crippen molar-refractivity contribution in [3.8, 4) is 0 Å². The molecule has 4 nitrogen and oxygen atoms in total. The van der Waals surface area contributed by atoms with E-state index in [-0.39, 0.29) is 18.0 Å². The Morgan fingerprint density at radius 2 is 0.912 bits per heavy atom. The molecule has 0 saturated carbocycles. The van der Waals surface area contributed by atoms with Crippen molar-refractivity contribution in [3.05, 3.63) is 0 Å². The van der Waals surface area contributed by atoms with Crippen LogP contribution in [0.15, 0.2) is 0 Å². The van der Waals surface area contributed by atoms with Crippen molar-refractivity contribution in [3.63, 3.8) is 0 Å². The third kappa shape index (κ3) is 24.1. The molecule has 0 aliphatic carbocycles. The number of carbonyl (C=O) groups excluding carboxylic acids is 2. The predicted molar refractivity (Wildman–Crippen MR) is 144 cm³/mol. The third-order valence-corrected chi connectivity index (χ3v) is 6.78. The van der Waals surface area contributed by atoms with Gasteiger partial charge in [-0.3, -0.25) is 9.59 Å². The molecule has 0 amide bonds. The van der Waals surface area contributed by atoms with Gasteiger partial charge < -0.3 is 9.47 Å². The van der Waals surface area contributed by atoms with Crippen LogP contribution < -0.4 is 0 Å². The maximum Gasteiger partial charge on any atom is 0.306 e. The minimum absolute atomic E-state index is 0.00297. The number of carbonyl (C=O) groups is 2. The van der Waals surface area contributed by atoms with E-state index in [1.165, 1.54) is 77.0 Å². The van der Waals surface area contributed by atoms with Crippen LogP contribution in [0, 0.1) is 5.92 Å². The average molecular weight is 483 g/mol. The summed E-state index contributed by atoms with van der Waals surface area (Å²) in [5.74, 6) is 0.249. The molecule has 0 radical (unpaired) electrons. The van der Waals surface area contributed by atoms with Crippen molar-refractivity contribution >= 4 is 11.9 Å². The van der Waals surface area contributed by atoms with Gasteiger partial charge in [0.15, 0.2) is 0 Å². The molecule has 1 unspecified atom stereocenters. The molecule has 0 spiro atoms. The highest BCUT2D eigenvalue weighted by Gasteiger charge is 2.12. The summed E-state index contributed by atoms with van der Waals surface area (Å²) in [6.07, 6.45) is 24.5. The fourth-order valence-corrected chi connectivity index (χ4v) is 4.03. The number of ether oxygens (including phenoxy) is 2. The predicted octanol–water partition coefficient (Wildman–Crippen LogP) is 9.33. The Morgan fingerprint density at radius 1 is 0.529 bits per heavy atom. The Kier molecular flexibility index (Phi) is 24.3. The Labute approximate surface area is 212 Å². The molecule has 202 valence electrons. The minimum Gasteiger partial charge on any atom is -0.466 e. The van der Waals surface area contributed by atoms with Gasteiger partial charge in [0.2, 0.25) is 0 Å². The highest BCUT2D eigenvalue weighted by atomic mass is 16.5. The van der Waals surface area contributed by atoms with Crippen LogP contribution in [0.3, 0.4) is 0 Å². The monoisotopic (exact) mass is 482 g/mol. The summed E-state index contributed by atoms with van der Waals surface area (Å²) in [4.78, 5) is 23.6. The lowest BCUT2D eigenvalue weighted by Gasteiger charge is -2.16. The lowest BCUT2D eigenvalue weighted by atomic mass is 10.0. The maximum atomic E-state index is 11.8. The van der Waals surface area contributed by atoms with Gasteiger partial charge in [-0.2, -0.15) is 0 Å². The lowest BCUT2D eigenvalue weighted by molar-refractivity contribution is -0.150. The summed E-state index contributed by atoms with van der Waals surface area (Å²) in [6, 6.07) is 0. The molecule has 0 N–H and O–H groups in total. The van der Waals surface area contributed by atoms with Gasteiger partial charge >= 0.3 is 11.9 Å². The second kappa shape index (κ2) is 25.0. The van der Waals surface area contributed by atoms with Crippen molar-refractivity contribution in [2.75, 3.05) is 6.61 Å². The molecule has 0 aliphatic rings. The molecule has 1 atom stereocenters. The van der Waals surface area contributed by atoms with Crippen molar-refractivity contribution in [1.82, 2.24) is 0 Å². The maximum absolute atomic E-state index is 11.8. The van der Waals surface area contributed by atoms with Crippen LogP contribution >= 0.6 is 0 Å². The SMILES string of the molecule is CCCCCCCCCCCCCCCOC(=O)CCCCCCCCC(=O)OC(C)C(C)C. The van der Waals surface area contributed by atoms with Crippen LogP contribution in [-0.4, -0.2) is 24.6 Å². The smallest absolute Gasteiger partial charge is 0.306 e. The zero-order chi connectivity index (χ0) is 25.3. The summed E-state index contributed by atoms with van der Waals surface area (Å²) < 4.78 is 10.8. The Bertz CT molecular complexity index is 461. The molecule has 0 aromatic rings. The Morgan fingerprint density at radius 3 is 1.35 bits per heavy atom. The Balaban J connectivity index is 3.28. The van der Waals surface area contributed by atoms with Crippen LogP contribution in [0.25, 0.3) is 0 Å². The third-order valence-electron chi connectivity index (χ3n) is 6.78. The van der Waals surface area contributed by atoms with Gasteiger partial charge in [-0.15, -0.1) is 0 Å².